The minimum atomic E-state index is -0.191. The van der Waals surface area contributed by atoms with E-state index in [4.69, 9.17) is 5.73 Å². The molecular weight excluding hydrogens is 234 g/mol. The normalized spacial score (nSPS) is 34.5. The molecule has 2 rings (SSSR count). The Kier molecular flexibility index (Phi) is 4.00. The summed E-state index contributed by atoms with van der Waals surface area (Å²) in [6.07, 6.45) is 1.22. The fourth-order valence-corrected chi connectivity index (χ4v) is 4.53. The van der Waals surface area contributed by atoms with Gasteiger partial charge in [0, 0.05) is 31.4 Å². The molecule has 2 unspecified atom stereocenters. The fraction of sp³-hybridized carbons (Fsp3) is 0.917. The first-order chi connectivity index (χ1) is 8.02. The number of carbonyl (C=O) groups is 1. The Morgan fingerprint density at radius 3 is 2.94 bits per heavy atom. The summed E-state index contributed by atoms with van der Waals surface area (Å²) < 4.78 is 0. The van der Waals surface area contributed by atoms with Crippen molar-refractivity contribution in [1.29, 1.82) is 0 Å². The summed E-state index contributed by atoms with van der Waals surface area (Å²) in [4.78, 5) is 13.9. The zero-order chi connectivity index (χ0) is 12.5. The smallest absolute Gasteiger partial charge is 0.236 e. The summed E-state index contributed by atoms with van der Waals surface area (Å²) >= 11 is 2.00. The van der Waals surface area contributed by atoms with Crippen LogP contribution in [0.2, 0.25) is 0 Å². The van der Waals surface area contributed by atoms with Crippen LogP contribution in [-0.2, 0) is 4.79 Å². The van der Waals surface area contributed by atoms with E-state index in [9.17, 15) is 4.79 Å². The summed E-state index contributed by atoms with van der Waals surface area (Å²) in [5.74, 6) is 2.16. The van der Waals surface area contributed by atoms with Gasteiger partial charge in [-0.1, -0.05) is 13.8 Å². The van der Waals surface area contributed by atoms with Crippen molar-refractivity contribution in [3.63, 3.8) is 0 Å². The molecule has 0 saturated carbocycles. The number of amides is 1. The number of nitrogens with zero attached hydrogens (tertiary/aromatic N) is 1. The number of primary amides is 1. The van der Waals surface area contributed by atoms with Crippen LogP contribution in [0.4, 0.5) is 0 Å². The minimum Gasteiger partial charge on any atom is -0.368 e. The predicted molar refractivity (Wildman–Crippen MR) is 72.1 cm³/mol. The van der Waals surface area contributed by atoms with Crippen LogP contribution in [0.25, 0.3) is 0 Å². The predicted octanol–water partition coefficient (Wildman–Crippen LogP) is 0.277. The Labute approximate surface area is 108 Å². The van der Waals surface area contributed by atoms with Crippen LogP contribution in [0.5, 0.6) is 0 Å². The van der Waals surface area contributed by atoms with Crippen LogP contribution in [0.3, 0.4) is 0 Å². The molecular formula is C12H23N3OS. The van der Waals surface area contributed by atoms with Crippen molar-refractivity contribution in [2.24, 2.45) is 11.1 Å². The fourth-order valence-electron chi connectivity index (χ4n) is 2.82. The van der Waals surface area contributed by atoms with Crippen LogP contribution in [0.1, 0.15) is 20.3 Å². The van der Waals surface area contributed by atoms with Gasteiger partial charge in [-0.15, -0.1) is 0 Å². The second-order valence-corrected chi connectivity index (χ2v) is 6.84. The lowest BCUT2D eigenvalue weighted by molar-refractivity contribution is -0.125. The summed E-state index contributed by atoms with van der Waals surface area (Å²) in [7, 11) is 0. The maximum Gasteiger partial charge on any atom is 0.236 e. The zero-order valence-corrected chi connectivity index (χ0v) is 11.6. The highest BCUT2D eigenvalue weighted by molar-refractivity contribution is 7.99. The second-order valence-electron chi connectivity index (χ2n) is 5.69. The molecule has 3 N–H and O–H groups in total. The molecule has 17 heavy (non-hydrogen) atoms. The Hall–Kier alpha value is -0.260. The van der Waals surface area contributed by atoms with Gasteiger partial charge in [-0.25, -0.2) is 0 Å². The van der Waals surface area contributed by atoms with E-state index in [0.717, 1.165) is 18.8 Å². The van der Waals surface area contributed by atoms with Gasteiger partial charge in [0.1, 0.15) is 6.04 Å². The van der Waals surface area contributed by atoms with E-state index in [-0.39, 0.29) is 17.4 Å². The van der Waals surface area contributed by atoms with Crippen LogP contribution >= 0.6 is 11.8 Å². The first kappa shape index (κ1) is 13.2. The van der Waals surface area contributed by atoms with Crippen molar-refractivity contribution in [3.8, 4) is 0 Å². The quantitative estimate of drug-likeness (QED) is 0.746. The molecule has 2 fully saturated rings. The molecule has 2 heterocycles. The summed E-state index contributed by atoms with van der Waals surface area (Å²) in [5.41, 5.74) is 5.81. The van der Waals surface area contributed by atoms with Crippen LogP contribution in [0.15, 0.2) is 0 Å². The van der Waals surface area contributed by atoms with Gasteiger partial charge in [-0.3, -0.25) is 9.69 Å². The van der Waals surface area contributed by atoms with Crippen molar-refractivity contribution >= 4 is 17.7 Å². The lowest BCUT2D eigenvalue weighted by atomic mass is 9.80. The molecule has 2 aliphatic heterocycles. The third-order valence-corrected chi connectivity index (χ3v) is 5.13. The molecule has 5 heteroatoms. The average molecular weight is 257 g/mol. The van der Waals surface area contributed by atoms with Crippen molar-refractivity contribution in [1.82, 2.24) is 10.2 Å². The van der Waals surface area contributed by atoms with E-state index in [2.05, 4.69) is 24.1 Å². The molecule has 0 aromatic rings. The molecule has 0 aromatic heterocycles. The van der Waals surface area contributed by atoms with E-state index < -0.39 is 0 Å². The number of nitrogens with one attached hydrogen (secondary N) is 1. The van der Waals surface area contributed by atoms with Gasteiger partial charge >= 0.3 is 0 Å². The number of hydrogen-bond donors (Lipinski definition) is 2. The summed E-state index contributed by atoms with van der Waals surface area (Å²) in [6.45, 7) is 7.23. The van der Waals surface area contributed by atoms with Gasteiger partial charge in [0.2, 0.25) is 5.91 Å². The number of rotatable bonds is 2. The molecule has 98 valence electrons. The molecule has 0 radical (unpaired) electrons. The third-order valence-electron chi connectivity index (χ3n) is 4.08. The van der Waals surface area contributed by atoms with E-state index in [1.54, 1.807) is 0 Å². The Bertz CT molecular complexity index is 295. The van der Waals surface area contributed by atoms with E-state index in [0.29, 0.717) is 12.6 Å². The Balaban J connectivity index is 2.14. The zero-order valence-electron chi connectivity index (χ0n) is 10.7. The molecule has 0 aromatic carbocycles. The Morgan fingerprint density at radius 1 is 1.53 bits per heavy atom. The van der Waals surface area contributed by atoms with Gasteiger partial charge < -0.3 is 11.1 Å². The lowest BCUT2D eigenvalue weighted by Crippen LogP contribution is -2.63. The summed E-state index contributed by atoms with van der Waals surface area (Å²) in [6, 6.07) is 0.340. The molecule has 2 saturated heterocycles. The number of nitrogens with two attached hydrogens (primary N) is 1. The van der Waals surface area contributed by atoms with E-state index in [1.807, 2.05) is 11.8 Å². The minimum absolute atomic E-state index is 0.133. The number of hydrogen-bond acceptors (Lipinski definition) is 4. The van der Waals surface area contributed by atoms with Crippen molar-refractivity contribution in [3.05, 3.63) is 0 Å². The molecule has 2 atom stereocenters. The highest BCUT2D eigenvalue weighted by Gasteiger charge is 2.41. The maximum absolute atomic E-state index is 11.6. The van der Waals surface area contributed by atoms with Crippen molar-refractivity contribution in [2.75, 3.05) is 31.1 Å². The molecule has 1 amide bonds. The first-order valence-electron chi connectivity index (χ1n) is 6.36. The highest BCUT2D eigenvalue weighted by Crippen LogP contribution is 2.38. The lowest BCUT2D eigenvalue weighted by Gasteiger charge is -2.49. The molecule has 0 spiro atoms. The number of carbonyl (C=O) groups excluding carboxylic acids is 1. The largest absolute Gasteiger partial charge is 0.368 e. The standard InChI is InChI=1S/C12H23N3OS/c1-12(2)3-6-17-8-10(12)15-5-4-14-7-9(15)11(13)16/h9-10,14H,3-8H2,1-2H3,(H2,13,16). The van der Waals surface area contributed by atoms with Gasteiger partial charge in [0.25, 0.3) is 0 Å². The van der Waals surface area contributed by atoms with Gasteiger partial charge in [-0.05, 0) is 17.6 Å². The maximum atomic E-state index is 11.6. The molecule has 4 nitrogen and oxygen atoms in total. The van der Waals surface area contributed by atoms with Crippen molar-refractivity contribution < 1.29 is 4.79 Å². The monoisotopic (exact) mass is 257 g/mol. The second kappa shape index (κ2) is 5.16. The highest BCUT2D eigenvalue weighted by atomic mass is 32.2. The van der Waals surface area contributed by atoms with Crippen LogP contribution in [0, 0.1) is 5.41 Å². The molecule has 2 aliphatic rings. The molecule has 0 bridgehead atoms. The van der Waals surface area contributed by atoms with Gasteiger partial charge in [0.15, 0.2) is 0 Å². The number of piperazine rings is 1. The van der Waals surface area contributed by atoms with Crippen molar-refractivity contribution in [2.45, 2.75) is 32.4 Å². The SMILES string of the molecule is CC1(C)CCSCC1N1CCNCC1C(N)=O. The van der Waals surface area contributed by atoms with Crippen LogP contribution < -0.4 is 11.1 Å². The number of thioether (sulfide) groups is 1. The molecule has 0 aliphatic carbocycles. The summed E-state index contributed by atoms with van der Waals surface area (Å²) in [5, 5.41) is 3.26. The van der Waals surface area contributed by atoms with Crippen LogP contribution in [-0.4, -0.2) is 54.0 Å². The first-order valence-corrected chi connectivity index (χ1v) is 7.51. The Morgan fingerprint density at radius 2 is 2.29 bits per heavy atom. The average Bonchev–Trinajstić information content (AvgIpc) is 2.28. The van der Waals surface area contributed by atoms with Gasteiger partial charge in [-0.2, -0.15) is 11.8 Å². The third kappa shape index (κ3) is 2.77. The van der Waals surface area contributed by atoms with E-state index in [1.165, 1.54) is 12.2 Å². The van der Waals surface area contributed by atoms with Gasteiger partial charge in [0.05, 0.1) is 0 Å². The topological polar surface area (TPSA) is 58.4 Å². The van der Waals surface area contributed by atoms with E-state index >= 15 is 0 Å².